The average Bonchev–Trinajstić information content (AvgIpc) is 2.44. The molecule has 0 radical (unpaired) electrons. The number of piperidine rings is 1. The summed E-state index contributed by atoms with van der Waals surface area (Å²) in [5.41, 5.74) is 1.41. The Morgan fingerprint density at radius 3 is 2.68 bits per heavy atom. The van der Waals surface area contributed by atoms with Crippen LogP contribution in [0.4, 0.5) is 0 Å². The zero-order valence-electron chi connectivity index (χ0n) is 11.6. The number of hydrogen-bond acceptors (Lipinski definition) is 3. The van der Waals surface area contributed by atoms with Crippen LogP contribution in [-0.4, -0.2) is 41.6 Å². The number of benzene rings is 1. The number of amides is 1. The van der Waals surface area contributed by atoms with Crippen molar-refractivity contribution >= 4 is 5.91 Å². The lowest BCUT2D eigenvalue weighted by atomic mass is 10.0. The van der Waals surface area contributed by atoms with E-state index in [2.05, 4.69) is 5.32 Å². The maximum absolute atomic E-state index is 12.6. The highest BCUT2D eigenvalue weighted by Gasteiger charge is 2.24. The van der Waals surface area contributed by atoms with Crippen molar-refractivity contribution in [2.75, 3.05) is 19.6 Å². The maximum Gasteiger partial charge on any atom is 0.254 e. The molecule has 0 aromatic heterocycles. The molecule has 0 spiro atoms. The number of phenolic OH excluding ortho intramolecular Hbond substituents is 1. The van der Waals surface area contributed by atoms with Crippen molar-refractivity contribution in [3.05, 3.63) is 29.3 Å². The molecule has 1 heterocycles. The lowest BCUT2D eigenvalue weighted by molar-refractivity contribution is 0.0656. The van der Waals surface area contributed by atoms with Gasteiger partial charge >= 0.3 is 0 Å². The number of aryl methyl sites for hydroxylation is 1. The molecule has 2 N–H and O–H groups in total. The average molecular weight is 262 g/mol. The summed E-state index contributed by atoms with van der Waals surface area (Å²) in [6.45, 7) is 6.51. The Balaban J connectivity index is 2.17. The van der Waals surface area contributed by atoms with Gasteiger partial charge in [0, 0.05) is 18.2 Å². The number of carbonyl (C=O) groups excluding carboxylic acids is 1. The van der Waals surface area contributed by atoms with Crippen LogP contribution < -0.4 is 5.32 Å². The predicted octanol–water partition coefficient (Wildman–Crippen LogP) is 1.91. The predicted molar refractivity (Wildman–Crippen MR) is 75.4 cm³/mol. The van der Waals surface area contributed by atoms with E-state index in [0.29, 0.717) is 11.6 Å². The Kier molecular flexibility index (Phi) is 4.43. The second-order valence-electron chi connectivity index (χ2n) is 5.07. The highest BCUT2D eigenvalue weighted by molar-refractivity contribution is 5.94. The van der Waals surface area contributed by atoms with Gasteiger partial charge in [-0.1, -0.05) is 0 Å². The molecule has 4 nitrogen and oxygen atoms in total. The van der Waals surface area contributed by atoms with Crippen LogP contribution in [0.1, 0.15) is 35.7 Å². The summed E-state index contributed by atoms with van der Waals surface area (Å²) >= 11 is 0. The molecule has 0 aliphatic carbocycles. The van der Waals surface area contributed by atoms with Crippen LogP contribution in [0.3, 0.4) is 0 Å². The molecule has 0 atom stereocenters. The minimum atomic E-state index is 0.0671. The summed E-state index contributed by atoms with van der Waals surface area (Å²) in [7, 11) is 0. The zero-order valence-corrected chi connectivity index (χ0v) is 11.6. The molecule has 4 heteroatoms. The van der Waals surface area contributed by atoms with Gasteiger partial charge < -0.3 is 15.3 Å². The van der Waals surface area contributed by atoms with Crippen LogP contribution in [-0.2, 0) is 0 Å². The number of hydrogen-bond donors (Lipinski definition) is 2. The van der Waals surface area contributed by atoms with Gasteiger partial charge in [-0.3, -0.25) is 4.79 Å². The lowest BCUT2D eigenvalue weighted by Crippen LogP contribution is -2.46. The van der Waals surface area contributed by atoms with Crippen molar-refractivity contribution in [1.29, 1.82) is 0 Å². The minimum Gasteiger partial charge on any atom is -0.508 e. The first-order valence-electron chi connectivity index (χ1n) is 6.94. The van der Waals surface area contributed by atoms with E-state index in [0.717, 1.165) is 38.0 Å². The van der Waals surface area contributed by atoms with Gasteiger partial charge in [0.15, 0.2) is 0 Å². The quantitative estimate of drug-likeness (QED) is 0.875. The first-order chi connectivity index (χ1) is 9.13. The van der Waals surface area contributed by atoms with Gasteiger partial charge in [-0.15, -0.1) is 0 Å². The number of phenols is 1. The van der Waals surface area contributed by atoms with E-state index in [1.165, 1.54) is 0 Å². The van der Waals surface area contributed by atoms with Crippen molar-refractivity contribution in [3.63, 3.8) is 0 Å². The van der Waals surface area contributed by atoms with Crippen LogP contribution in [0, 0.1) is 6.92 Å². The largest absolute Gasteiger partial charge is 0.508 e. The second-order valence-corrected chi connectivity index (χ2v) is 5.07. The smallest absolute Gasteiger partial charge is 0.254 e. The Bertz CT molecular complexity index is 453. The summed E-state index contributed by atoms with van der Waals surface area (Å²) < 4.78 is 0. The molecule has 0 saturated carbocycles. The fraction of sp³-hybridized carbons (Fsp3) is 0.533. The first-order valence-corrected chi connectivity index (χ1v) is 6.94. The van der Waals surface area contributed by atoms with Crippen molar-refractivity contribution in [2.45, 2.75) is 32.7 Å². The molecule has 1 aromatic rings. The molecular formula is C15H22N2O2. The van der Waals surface area contributed by atoms with Crippen molar-refractivity contribution in [2.24, 2.45) is 0 Å². The Morgan fingerprint density at radius 1 is 1.42 bits per heavy atom. The normalized spacial score (nSPS) is 16.3. The van der Waals surface area contributed by atoms with Gasteiger partial charge in [0.25, 0.3) is 5.91 Å². The summed E-state index contributed by atoms with van der Waals surface area (Å²) in [5, 5.41) is 12.9. The minimum absolute atomic E-state index is 0.0671. The van der Waals surface area contributed by atoms with Crippen LogP contribution in [0.15, 0.2) is 18.2 Å². The number of nitrogens with zero attached hydrogens (tertiary/aromatic N) is 1. The second kappa shape index (κ2) is 6.06. The van der Waals surface area contributed by atoms with Crippen LogP contribution >= 0.6 is 0 Å². The third-order valence-corrected chi connectivity index (χ3v) is 3.79. The van der Waals surface area contributed by atoms with Gasteiger partial charge in [-0.2, -0.15) is 0 Å². The summed E-state index contributed by atoms with van der Waals surface area (Å²) in [4.78, 5) is 14.5. The van der Waals surface area contributed by atoms with Crippen LogP contribution in [0.2, 0.25) is 0 Å². The van der Waals surface area contributed by atoms with Gasteiger partial charge in [0.1, 0.15) is 5.75 Å². The van der Waals surface area contributed by atoms with E-state index >= 15 is 0 Å². The number of rotatable bonds is 3. The SMILES string of the molecule is CCN(C(=O)c1ccc(O)c(C)c1)C1CCNCC1. The Morgan fingerprint density at radius 2 is 2.11 bits per heavy atom. The highest BCUT2D eigenvalue weighted by Crippen LogP contribution is 2.20. The van der Waals surface area contributed by atoms with E-state index in [1.807, 2.05) is 18.7 Å². The fourth-order valence-electron chi connectivity index (χ4n) is 2.64. The molecule has 19 heavy (non-hydrogen) atoms. The van der Waals surface area contributed by atoms with Crippen molar-refractivity contribution in [1.82, 2.24) is 10.2 Å². The van der Waals surface area contributed by atoms with Crippen LogP contribution in [0.5, 0.6) is 5.75 Å². The highest BCUT2D eigenvalue weighted by atomic mass is 16.3. The maximum atomic E-state index is 12.6. The van der Waals surface area contributed by atoms with Gasteiger partial charge in [-0.05, 0) is 63.5 Å². The number of nitrogens with one attached hydrogen (secondary N) is 1. The molecule has 1 aliphatic heterocycles. The zero-order chi connectivity index (χ0) is 13.8. The third-order valence-electron chi connectivity index (χ3n) is 3.79. The standard InChI is InChI=1S/C15H22N2O2/c1-3-17(13-6-8-16-9-7-13)15(19)12-4-5-14(18)11(2)10-12/h4-5,10,13,16,18H,3,6-9H2,1-2H3. The van der Waals surface area contributed by atoms with Gasteiger partial charge in [-0.25, -0.2) is 0 Å². The fourth-order valence-corrected chi connectivity index (χ4v) is 2.64. The van der Waals surface area contributed by atoms with Crippen molar-refractivity contribution in [3.8, 4) is 5.75 Å². The lowest BCUT2D eigenvalue weighted by Gasteiger charge is -2.34. The first kappa shape index (κ1) is 13.9. The van der Waals surface area contributed by atoms with Crippen LogP contribution in [0.25, 0.3) is 0 Å². The van der Waals surface area contributed by atoms with E-state index < -0.39 is 0 Å². The molecule has 0 bridgehead atoms. The molecule has 104 valence electrons. The van der Waals surface area contributed by atoms with E-state index in [-0.39, 0.29) is 11.7 Å². The summed E-state index contributed by atoms with van der Waals surface area (Å²) in [6.07, 6.45) is 2.02. The molecule has 1 amide bonds. The molecule has 2 rings (SSSR count). The molecule has 1 aromatic carbocycles. The molecule has 1 saturated heterocycles. The van der Waals surface area contributed by atoms with Crippen molar-refractivity contribution < 1.29 is 9.90 Å². The van der Waals surface area contributed by atoms with E-state index in [1.54, 1.807) is 18.2 Å². The third kappa shape index (κ3) is 3.07. The summed E-state index contributed by atoms with van der Waals surface area (Å²) in [6, 6.07) is 5.39. The Labute approximate surface area is 114 Å². The monoisotopic (exact) mass is 262 g/mol. The molecule has 0 unspecified atom stereocenters. The number of aromatic hydroxyl groups is 1. The molecule has 1 aliphatic rings. The van der Waals surface area contributed by atoms with E-state index in [4.69, 9.17) is 0 Å². The topological polar surface area (TPSA) is 52.6 Å². The number of carbonyl (C=O) groups is 1. The summed E-state index contributed by atoms with van der Waals surface area (Å²) in [5.74, 6) is 0.305. The Hall–Kier alpha value is -1.55. The van der Waals surface area contributed by atoms with Gasteiger partial charge in [0.2, 0.25) is 0 Å². The van der Waals surface area contributed by atoms with Gasteiger partial charge in [0.05, 0.1) is 0 Å². The van der Waals surface area contributed by atoms with E-state index in [9.17, 15) is 9.90 Å². The molecular weight excluding hydrogens is 240 g/mol. The molecule has 1 fully saturated rings.